The second-order valence-electron chi connectivity index (χ2n) is 11.3. The Kier molecular flexibility index (Phi) is 8.17. The summed E-state index contributed by atoms with van der Waals surface area (Å²) in [4.78, 5) is 13.9. The molecule has 0 saturated carbocycles. The molecule has 5 aromatic carbocycles. The summed E-state index contributed by atoms with van der Waals surface area (Å²) in [5, 5.41) is 3.52. The second-order valence-corrected chi connectivity index (χ2v) is 11.3. The standard InChI is InChI=1S/C42H34N4/c1-30(44-29-31-20-22-33(23-21-31)35-26-24-34(25-27-35)32-12-5-3-6-13-32)45-42(43-2)36-14-11-19-41-39(28-36)38-17-9-10-18-40(38)46(41)37-15-7-4-8-16-37/h3-10,12-28H,2,11,29H2,1H3. The van der Waals surface area contributed by atoms with Crippen LogP contribution in [0.5, 0.6) is 0 Å². The van der Waals surface area contributed by atoms with Crippen molar-refractivity contribution in [3.63, 3.8) is 0 Å². The average molecular weight is 595 g/mol. The second kappa shape index (κ2) is 13.0. The summed E-state index contributed by atoms with van der Waals surface area (Å²) in [6, 6.07) is 46.8. The van der Waals surface area contributed by atoms with Crippen molar-refractivity contribution < 1.29 is 0 Å². The molecule has 1 heterocycles. The van der Waals surface area contributed by atoms with Crippen molar-refractivity contribution in [1.29, 1.82) is 0 Å². The number of fused-ring (bicyclic) bond motifs is 3. The van der Waals surface area contributed by atoms with Crippen LogP contribution in [0.4, 0.5) is 0 Å². The molecule has 1 aliphatic rings. The third-order valence-electron chi connectivity index (χ3n) is 8.36. The Hall–Kier alpha value is -5.87. The molecule has 0 aliphatic heterocycles. The molecule has 222 valence electrons. The molecule has 1 aromatic heterocycles. The van der Waals surface area contributed by atoms with Gasteiger partial charge in [0.1, 0.15) is 5.84 Å². The van der Waals surface area contributed by atoms with E-state index in [9.17, 15) is 0 Å². The lowest BCUT2D eigenvalue weighted by Gasteiger charge is -2.06. The fraction of sp³-hybridized carbons (Fsp3) is 0.0714. The van der Waals surface area contributed by atoms with E-state index in [1.165, 1.54) is 38.5 Å². The molecule has 0 unspecified atom stereocenters. The lowest BCUT2D eigenvalue weighted by atomic mass is 10.00. The zero-order valence-corrected chi connectivity index (χ0v) is 25.8. The minimum absolute atomic E-state index is 0.540. The molecule has 1 aliphatic carbocycles. The molecule has 0 bridgehead atoms. The van der Waals surface area contributed by atoms with Gasteiger partial charge in [0, 0.05) is 21.9 Å². The number of aromatic nitrogens is 1. The minimum Gasteiger partial charge on any atom is -0.310 e. The van der Waals surface area contributed by atoms with Gasteiger partial charge < -0.3 is 4.57 Å². The number of para-hydroxylation sites is 2. The number of hydrogen-bond acceptors (Lipinski definition) is 1. The Morgan fingerprint density at radius 2 is 1.26 bits per heavy atom. The molecule has 4 heteroatoms. The van der Waals surface area contributed by atoms with Crippen molar-refractivity contribution in [2.75, 3.05) is 0 Å². The minimum atomic E-state index is 0.540. The lowest BCUT2D eigenvalue weighted by molar-refractivity contribution is 1.06. The predicted molar refractivity (Wildman–Crippen MR) is 195 cm³/mol. The fourth-order valence-electron chi connectivity index (χ4n) is 6.03. The first-order chi connectivity index (χ1) is 22.7. The number of hydrogen-bond donors (Lipinski definition) is 0. The van der Waals surface area contributed by atoms with Crippen molar-refractivity contribution in [1.82, 2.24) is 4.57 Å². The average Bonchev–Trinajstić information content (AvgIpc) is 3.26. The third kappa shape index (κ3) is 5.93. The van der Waals surface area contributed by atoms with Crippen molar-refractivity contribution in [3.8, 4) is 27.9 Å². The van der Waals surface area contributed by atoms with Gasteiger partial charge in [-0.3, -0.25) is 4.99 Å². The Labute approximate surface area is 269 Å². The maximum absolute atomic E-state index is 4.81. The van der Waals surface area contributed by atoms with E-state index in [0.29, 0.717) is 18.2 Å². The zero-order chi connectivity index (χ0) is 31.3. The van der Waals surface area contributed by atoms with Gasteiger partial charge >= 0.3 is 0 Å². The zero-order valence-electron chi connectivity index (χ0n) is 25.8. The van der Waals surface area contributed by atoms with E-state index in [1.54, 1.807) is 0 Å². The van der Waals surface area contributed by atoms with Gasteiger partial charge in [0.2, 0.25) is 0 Å². The first-order valence-electron chi connectivity index (χ1n) is 15.6. The molecule has 0 amide bonds. The molecule has 0 atom stereocenters. The van der Waals surface area contributed by atoms with Gasteiger partial charge in [0.15, 0.2) is 5.84 Å². The van der Waals surface area contributed by atoms with Crippen LogP contribution in [-0.4, -0.2) is 23.0 Å². The molecule has 0 spiro atoms. The molecular formula is C42H34N4. The quantitative estimate of drug-likeness (QED) is 0.137. The van der Waals surface area contributed by atoms with E-state index >= 15 is 0 Å². The summed E-state index contributed by atoms with van der Waals surface area (Å²) in [5.74, 6) is 1.24. The smallest absolute Gasteiger partial charge is 0.160 e. The Morgan fingerprint density at radius 1 is 0.674 bits per heavy atom. The highest BCUT2D eigenvalue weighted by Crippen LogP contribution is 2.25. The number of amidine groups is 2. The molecule has 0 radical (unpaired) electrons. The highest BCUT2D eigenvalue weighted by Gasteiger charge is 2.13. The van der Waals surface area contributed by atoms with Gasteiger partial charge in [-0.1, -0.05) is 127 Å². The van der Waals surface area contributed by atoms with Crippen molar-refractivity contribution in [2.45, 2.75) is 19.9 Å². The van der Waals surface area contributed by atoms with Crippen LogP contribution in [0.2, 0.25) is 0 Å². The monoisotopic (exact) mass is 594 g/mol. The van der Waals surface area contributed by atoms with Crippen LogP contribution < -0.4 is 10.6 Å². The number of nitrogens with zero attached hydrogens (tertiary/aromatic N) is 4. The van der Waals surface area contributed by atoms with E-state index < -0.39 is 0 Å². The first kappa shape index (κ1) is 28.9. The van der Waals surface area contributed by atoms with Crippen molar-refractivity contribution >= 4 is 41.4 Å². The van der Waals surface area contributed by atoms with Gasteiger partial charge in [-0.2, -0.15) is 0 Å². The molecule has 6 aromatic rings. The van der Waals surface area contributed by atoms with Crippen LogP contribution in [0.15, 0.2) is 160 Å². The fourth-order valence-corrected chi connectivity index (χ4v) is 6.03. The number of rotatable bonds is 6. The van der Waals surface area contributed by atoms with E-state index in [-0.39, 0.29) is 0 Å². The van der Waals surface area contributed by atoms with Crippen LogP contribution in [0.1, 0.15) is 18.9 Å². The van der Waals surface area contributed by atoms with Gasteiger partial charge in [0.05, 0.1) is 17.4 Å². The summed E-state index contributed by atoms with van der Waals surface area (Å²) in [6.07, 6.45) is 7.38. The van der Waals surface area contributed by atoms with Gasteiger partial charge in [-0.05, 0) is 72.2 Å². The third-order valence-corrected chi connectivity index (χ3v) is 8.36. The van der Waals surface area contributed by atoms with Crippen molar-refractivity contribution in [2.24, 2.45) is 15.0 Å². The molecule has 0 saturated heterocycles. The highest BCUT2D eigenvalue weighted by molar-refractivity contribution is 6.12. The van der Waals surface area contributed by atoms with E-state index in [0.717, 1.165) is 28.5 Å². The molecule has 0 N–H and O–H groups in total. The van der Waals surface area contributed by atoms with Gasteiger partial charge in [-0.15, -0.1) is 0 Å². The summed E-state index contributed by atoms with van der Waals surface area (Å²) in [6.45, 7) is 6.32. The van der Waals surface area contributed by atoms with Crippen LogP contribution in [0.3, 0.4) is 0 Å². The normalized spacial score (nSPS) is 13.3. The van der Waals surface area contributed by atoms with Gasteiger partial charge in [-0.25, -0.2) is 9.98 Å². The largest absolute Gasteiger partial charge is 0.310 e. The van der Waals surface area contributed by atoms with E-state index in [4.69, 9.17) is 9.98 Å². The molecule has 46 heavy (non-hydrogen) atoms. The number of allylic oxidation sites excluding steroid dienone is 1. The summed E-state index contributed by atoms with van der Waals surface area (Å²) < 4.78 is 2.33. The molecule has 7 rings (SSSR count). The SMILES string of the molecule is C=NC(=NC(C)=NCc1ccc(-c2ccc(-c3ccccc3)cc2)cc1)C1=CCC=c2c(c3ccccc3n2-c2ccccc2)=C1. The maximum atomic E-state index is 4.81. The van der Waals surface area contributed by atoms with Crippen LogP contribution >= 0.6 is 0 Å². The van der Waals surface area contributed by atoms with Crippen molar-refractivity contribution in [3.05, 3.63) is 161 Å². The Balaban J connectivity index is 1.11. The number of benzene rings is 5. The predicted octanol–water partition coefficient (Wildman–Crippen LogP) is 8.57. The summed E-state index contributed by atoms with van der Waals surface area (Å²) >= 11 is 0. The molecule has 0 fully saturated rings. The maximum Gasteiger partial charge on any atom is 0.160 e. The summed E-state index contributed by atoms with van der Waals surface area (Å²) in [7, 11) is 0. The Morgan fingerprint density at radius 3 is 1.93 bits per heavy atom. The van der Waals surface area contributed by atoms with Crippen LogP contribution in [0.25, 0.3) is 51.0 Å². The number of aliphatic imine (C=N–C) groups is 3. The van der Waals surface area contributed by atoms with E-state index in [2.05, 4.69) is 156 Å². The lowest BCUT2D eigenvalue weighted by Crippen LogP contribution is -2.28. The summed E-state index contributed by atoms with van der Waals surface area (Å²) in [5.41, 5.74) is 9.19. The first-order valence-corrected chi connectivity index (χ1v) is 15.6. The Bertz CT molecular complexity index is 2240. The molecular weight excluding hydrogens is 560 g/mol. The van der Waals surface area contributed by atoms with Gasteiger partial charge in [0.25, 0.3) is 0 Å². The van der Waals surface area contributed by atoms with Crippen LogP contribution in [-0.2, 0) is 6.54 Å². The molecule has 4 nitrogen and oxygen atoms in total. The van der Waals surface area contributed by atoms with E-state index in [1.807, 2.05) is 19.1 Å². The topological polar surface area (TPSA) is 42.0 Å². The van der Waals surface area contributed by atoms with Crippen LogP contribution in [0, 0.1) is 0 Å². The highest BCUT2D eigenvalue weighted by atomic mass is 15.0.